The molecular weight excluding hydrogens is 422 g/mol. The first-order chi connectivity index (χ1) is 14.1. The van der Waals surface area contributed by atoms with Gasteiger partial charge in [0.15, 0.2) is 5.78 Å². The van der Waals surface area contributed by atoms with Crippen LogP contribution in [0.2, 0.25) is 0 Å². The van der Waals surface area contributed by atoms with Gasteiger partial charge in [-0.15, -0.1) is 0 Å². The molecule has 1 aliphatic rings. The van der Waals surface area contributed by atoms with Crippen molar-refractivity contribution in [2.75, 3.05) is 6.54 Å². The standard InChI is InChI=1S/C21H17N3O4S2/c1-11-4-6-13(7-5-11)8-16-19(27)24(21(29)30-16)10-15(25)17-12(2)14(9-22)18(26)23(3)20(17)28/h4-8,28H,10H2,1-3H3/b16-8-. The normalized spacial score (nSPS) is 15.0. The highest BCUT2D eigenvalue weighted by Crippen LogP contribution is 2.33. The lowest BCUT2D eigenvalue weighted by atomic mass is 10.0. The second kappa shape index (κ2) is 8.26. The van der Waals surface area contributed by atoms with Crippen LogP contribution in [-0.4, -0.2) is 37.1 Å². The van der Waals surface area contributed by atoms with Crippen LogP contribution in [0.1, 0.15) is 32.6 Å². The van der Waals surface area contributed by atoms with Crippen molar-refractivity contribution in [2.45, 2.75) is 13.8 Å². The molecule has 1 aromatic heterocycles. The fourth-order valence-electron chi connectivity index (χ4n) is 3.02. The summed E-state index contributed by atoms with van der Waals surface area (Å²) in [6.07, 6.45) is 1.70. The molecule has 0 bridgehead atoms. The van der Waals surface area contributed by atoms with Crippen molar-refractivity contribution >= 4 is 46.1 Å². The van der Waals surface area contributed by atoms with Crippen molar-refractivity contribution in [1.82, 2.24) is 9.47 Å². The van der Waals surface area contributed by atoms with Gasteiger partial charge in [-0.25, -0.2) is 0 Å². The lowest BCUT2D eigenvalue weighted by Gasteiger charge is -2.16. The van der Waals surface area contributed by atoms with Crippen LogP contribution in [-0.2, 0) is 11.8 Å². The van der Waals surface area contributed by atoms with Crippen molar-refractivity contribution in [2.24, 2.45) is 7.05 Å². The fraction of sp³-hybridized carbons (Fsp3) is 0.190. The number of pyridine rings is 1. The molecule has 1 N–H and O–H groups in total. The van der Waals surface area contributed by atoms with Crippen LogP contribution in [0.15, 0.2) is 34.0 Å². The molecule has 2 aromatic rings. The number of thiocarbonyl (C=S) groups is 1. The van der Waals surface area contributed by atoms with Crippen LogP contribution in [0.4, 0.5) is 0 Å². The number of hydrogen-bond acceptors (Lipinski definition) is 7. The highest BCUT2D eigenvalue weighted by Gasteiger charge is 2.35. The van der Waals surface area contributed by atoms with Crippen molar-refractivity contribution in [1.29, 1.82) is 5.26 Å². The smallest absolute Gasteiger partial charge is 0.271 e. The van der Waals surface area contributed by atoms with E-state index in [4.69, 9.17) is 12.2 Å². The molecular formula is C21H17N3O4S2. The van der Waals surface area contributed by atoms with Gasteiger partial charge in [-0.1, -0.05) is 53.8 Å². The maximum absolute atomic E-state index is 12.9. The lowest BCUT2D eigenvalue weighted by Crippen LogP contribution is -2.35. The number of rotatable bonds is 4. The molecule has 0 atom stereocenters. The van der Waals surface area contributed by atoms with Gasteiger partial charge in [-0.05, 0) is 31.1 Å². The zero-order chi connectivity index (χ0) is 22.2. The van der Waals surface area contributed by atoms with Gasteiger partial charge in [0.1, 0.15) is 16.0 Å². The first-order valence-corrected chi connectivity index (χ1v) is 10.1. The summed E-state index contributed by atoms with van der Waals surface area (Å²) in [7, 11) is 1.26. The summed E-state index contributed by atoms with van der Waals surface area (Å²) < 4.78 is 1.05. The summed E-state index contributed by atoms with van der Waals surface area (Å²) >= 11 is 6.35. The maximum Gasteiger partial charge on any atom is 0.271 e. The highest BCUT2D eigenvalue weighted by molar-refractivity contribution is 8.26. The Labute approximate surface area is 182 Å². The van der Waals surface area contributed by atoms with Gasteiger partial charge in [-0.2, -0.15) is 5.26 Å². The van der Waals surface area contributed by atoms with Crippen molar-refractivity contribution < 1.29 is 14.7 Å². The number of Topliss-reactive ketones (excluding diaryl/α,β-unsaturated/α-hetero) is 1. The molecule has 30 heavy (non-hydrogen) atoms. The number of aromatic nitrogens is 1. The van der Waals surface area contributed by atoms with E-state index in [-0.39, 0.29) is 21.0 Å². The van der Waals surface area contributed by atoms with Crippen LogP contribution in [0.25, 0.3) is 6.08 Å². The van der Waals surface area contributed by atoms with Gasteiger partial charge in [-0.3, -0.25) is 23.9 Å². The second-order valence-electron chi connectivity index (χ2n) is 6.78. The molecule has 1 aromatic carbocycles. The van der Waals surface area contributed by atoms with E-state index in [1.807, 2.05) is 31.2 Å². The third-order valence-electron chi connectivity index (χ3n) is 4.75. The van der Waals surface area contributed by atoms with E-state index < -0.39 is 29.7 Å². The molecule has 0 saturated carbocycles. The molecule has 1 aliphatic heterocycles. The number of nitrogens with zero attached hydrogens (tertiary/aromatic N) is 3. The predicted octanol–water partition coefficient (Wildman–Crippen LogP) is 2.66. The van der Waals surface area contributed by atoms with Crippen LogP contribution >= 0.6 is 24.0 Å². The molecule has 0 radical (unpaired) electrons. The number of thioether (sulfide) groups is 1. The Balaban J connectivity index is 1.91. The summed E-state index contributed by atoms with van der Waals surface area (Å²) in [6, 6.07) is 9.36. The van der Waals surface area contributed by atoms with Crippen molar-refractivity contribution in [3.8, 4) is 11.9 Å². The number of benzene rings is 1. The molecule has 0 aliphatic carbocycles. The van der Waals surface area contributed by atoms with E-state index in [1.165, 1.54) is 14.0 Å². The van der Waals surface area contributed by atoms with Crippen molar-refractivity contribution in [3.63, 3.8) is 0 Å². The van der Waals surface area contributed by atoms with Crippen LogP contribution in [0.3, 0.4) is 0 Å². The zero-order valence-corrected chi connectivity index (χ0v) is 18.1. The average Bonchev–Trinajstić information content (AvgIpc) is 2.96. The summed E-state index contributed by atoms with van der Waals surface area (Å²) in [5.74, 6) is -1.59. The Morgan fingerprint density at radius 1 is 1.27 bits per heavy atom. The molecule has 1 fully saturated rings. The van der Waals surface area contributed by atoms with E-state index >= 15 is 0 Å². The number of aromatic hydroxyl groups is 1. The van der Waals surface area contributed by atoms with Gasteiger partial charge < -0.3 is 5.11 Å². The number of ketones is 1. The number of aryl methyl sites for hydroxylation is 1. The Morgan fingerprint density at radius 3 is 2.50 bits per heavy atom. The Kier molecular flexibility index (Phi) is 5.92. The van der Waals surface area contributed by atoms with Crippen LogP contribution < -0.4 is 5.56 Å². The van der Waals surface area contributed by atoms with Gasteiger partial charge in [0.2, 0.25) is 5.88 Å². The largest absolute Gasteiger partial charge is 0.494 e. The third kappa shape index (κ3) is 3.79. The molecule has 3 rings (SSSR count). The molecule has 7 nitrogen and oxygen atoms in total. The topological polar surface area (TPSA) is 103 Å². The number of carbonyl (C=O) groups is 2. The molecule has 2 heterocycles. The van der Waals surface area contributed by atoms with Gasteiger partial charge in [0.25, 0.3) is 11.5 Å². The monoisotopic (exact) mass is 439 g/mol. The van der Waals surface area contributed by atoms with E-state index in [0.29, 0.717) is 4.91 Å². The molecule has 1 saturated heterocycles. The van der Waals surface area contributed by atoms with Crippen LogP contribution in [0.5, 0.6) is 5.88 Å². The Bertz CT molecular complexity index is 1220. The van der Waals surface area contributed by atoms with Gasteiger partial charge >= 0.3 is 0 Å². The summed E-state index contributed by atoms with van der Waals surface area (Å²) in [5, 5.41) is 19.5. The zero-order valence-electron chi connectivity index (χ0n) is 16.4. The second-order valence-corrected chi connectivity index (χ2v) is 8.45. The molecule has 1 amide bonds. The predicted molar refractivity (Wildman–Crippen MR) is 118 cm³/mol. The lowest BCUT2D eigenvalue weighted by molar-refractivity contribution is -0.121. The molecule has 0 spiro atoms. The fourth-order valence-corrected chi connectivity index (χ4v) is 4.28. The van der Waals surface area contributed by atoms with Gasteiger partial charge in [0.05, 0.1) is 17.0 Å². The van der Waals surface area contributed by atoms with E-state index in [0.717, 1.165) is 32.4 Å². The Hall–Kier alpha value is -3.22. The minimum absolute atomic E-state index is 0.0729. The van der Waals surface area contributed by atoms with Crippen molar-refractivity contribution in [3.05, 3.63) is 67.3 Å². The average molecular weight is 440 g/mol. The minimum atomic E-state index is -0.698. The molecule has 9 heteroatoms. The van der Waals surface area contributed by atoms with E-state index in [9.17, 15) is 24.8 Å². The van der Waals surface area contributed by atoms with E-state index in [2.05, 4.69) is 0 Å². The summed E-state index contributed by atoms with van der Waals surface area (Å²) in [4.78, 5) is 39.3. The Morgan fingerprint density at radius 2 is 1.90 bits per heavy atom. The highest BCUT2D eigenvalue weighted by atomic mass is 32.2. The summed E-state index contributed by atoms with van der Waals surface area (Å²) in [5.41, 5.74) is 0.889. The first kappa shape index (κ1) is 21.5. The van der Waals surface area contributed by atoms with E-state index in [1.54, 1.807) is 12.1 Å². The SMILES string of the molecule is Cc1ccc(/C=C2\SC(=S)N(CC(=O)c3c(C)c(C#N)c(=O)n(C)c3O)C2=O)cc1. The maximum atomic E-state index is 12.9. The number of nitriles is 1. The number of amides is 1. The molecule has 0 unspecified atom stereocenters. The van der Waals surface area contributed by atoms with Crippen LogP contribution in [0, 0.1) is 25.2 Å². The minimum Gasteiger partial charge on any atom is -0.494 e. The molecule has 152 valence electrons. The third-order valence-corrected chi connectivity index (χ3v) is 6.13. The number of hydrogen-bond donors (Lipinski definition) is 1. The summed E-state index contributed by atoms with van der Waals surface area (Å²) in [6.45, 7) is 2.96. The first-order valence-electron chi connectivity index (χ1n) is 8.83. The quantitative estimate of drug-likeness (QED) is 0.444. The van der Waals surface area contributed by atoms with Gasteiger partial charge in [0, 0.05) is 7.05 Å². The number of carbonyl (C=O) groups excluding carboxylic acids is 2.